The van der Waals surface area contributed by atoms with Crippen LogP contribution in [-0.2, 0) is 14.3 Å². The summed E-state index contributed by atoms with van der Waals surface area (Å²) in [6.07, 6.45) is 1.19. The third kappa shape index (κ3) is 5.12. The molecule has 0 aromatic carbocycles. The second-order valence-corrected chi connectivity index (χ2v) is 6.37. The Kier molecular flexibility index (Phi) is 6.46. The van der Waals surface area contributed by atoms with Crippen LogP contribution in [0.15, 0.2) is 0 Å². The van der Waals surface area contributed by atoms with E-state index in [2.05, 4.69) is 13.8 Å². The molecule has 0 N–H and O–H groups in total. The van der Waals surface area contributed by atoms with E-state index in [9.17, 15) is 9.59 Å². The van der Waals surface area contributed by atoms with E-state index >= 15 is 0 Å². The molecule has 1 fully saturated rings. The molecular formula is C15H28N2O3. The summed E-state index contributed by atoms with van der Waals surface area (Å²) in [5.41, 5.74) is 0. The zero-order valence-corrected chi connectivity index (χ0v) is 13.4. The topological polar surface area (TPSA) is 49.9 Å². The van der Waals surface area contributed by atoms with Gasteiger partial charge in [-0.25, -0.2) is 0 Å². The SMILES string of the molecule is COC(=O)C(C)CN(C)CC(=O)N1CC(C)CC(C)C1. The molecule has 0 aromatic heterocycles. The van der Waals surface area contributed by atoms with Gasteiger partial charge in [0.25, 0.3) is 0 Å². The van der Waals surface area contributed by atoms with E-state index < -0.39 is 0 Å². The highest BCUT2D eigenvalue weighted by molar-refractivity contribution is 5.78. The second kappa shape index (κ2) is 7.62. The molecule has 1 heterocycles. The van der Waals surface area contributed by atoms with Gasteiger partial charge in [-0.3, -0.25) is 14.5 Å². The first-order valence-electron chi connectivity index (χ1n) is 7.37. The molecule has 0 aliphatic carbocycles. The summed E-state index contributed by atoms with van der Waals surface area (Å²) >= 11 is 0. The van der Waals surface area contributed by atoms with Gasteiger partial charge in [0.05, 0.1) is 19.6 Å². The van der Waals surface area contributed by atoms with E-state index in [1.807, 2.05) is 23.8 Å². The van der Waals surface area contributed by atoms with E-state index in [1.165, 1.54) is 13.5 Å². The number of methoxy groups -OCH3 is 1. The predicted octanol–water partition coefficient (Wildman–Crippen LogP) is 1.23. The maximum atomic E-state index is 12.3. The fourth-order valence-corrected chi connectivity index (χ4v) is 3.01. The van der Waals surface area contributed by atoms with Gasteiger partial charge >= 0.3 is 5.97 Å². The monoisotopic (exact) mass is 284 g/mol. The summed E-state index contributed by atoms with van der Waals surface area (Å²) in [4.78, 5) is 27.5. The Morgan fingerprint density at radius 2 is 1.85 bits per heavy atom. The van der Waals surface area contributed by atoms with Crippen LogP contribution in [-0.4, -0.2) is 62.0 Å². The van der Waals surface area contributed by atoms with Gasteiger partial charge in [0, 0.05) is 19.6 Å². The van der Waals surface area contributed by atoms with Crippen LogP contribution >= 0.6 is 0 Å². The number of amides is 1. The highest BCUT2D eigenvalue weighted by Gasteiger charge is 2.26. The number of rotatable bonds is 5. The van der Waals surface area contributed by atoms with E-state index in [-0.39, 0.29) is 17.8 Å². The summed E-state index contributed by atoms with van der Waals surface area (Å²) in [6, 6.07) is 0. The molecule has 0 saturated carbocycles. The molecule has 5 nitrogen and oxygen atoms in total. The van der Waals surface area contributed by atoms with Crippen LogP contribution in [0.5, 0.6) is 0 Å². The largest absolute Gasteiger partial charge is 0.469 e. The molecule has 5 heteroatoms. The Morgan fingerprint density at radius 3 is 2.35 bits per heavy atom. The Labute approximate surface area is 122 Å². The fraction of sp³-hybridized carbons (Fsp3) is 0.867. The number of ether oxygens (including phenoxy) is 1. The highest BCUT2D eigenvalue weighted by Crippen LogP contribution is 2.21. The van der Waals surface area contributed by atoms with Crippen LogP contribution in [0.2, 0.25) is 0 Å². The van der Waals surface area contributed by atoms with Crippen molar-refractivity contribution in [2.45, 2.75) is 27.2 Å². The number of piperidine rings is 1. The first-order valence-corrected chi connectivity index (χ1v) is 7.37. The first-order chi connectivity index (χ1) is 9.33. The van der Waals surface area contributed by atoms with Crippen LogP contribution in [0.4, 0.5) is 0 Å². The van der Waals surface area contributed by atoms with Crippen molar-refractivity contribution in [1.82, 2.24) is 9.80 Å². The Morgan fingerprint density at radius 1 is 1.30 bits per heavy atom. The number of nitrogens with zero attached hydrogens (tertiary/aromatic N) is 2. The lowest BCUT2D eigenvalue weighted by atomic mass is 9.92. The Hall–Kier alpha value is -1.10. The first kappa shape index (κ1) is 17.0. The highest BCUT2D eigenvalue weighted by atomic mass is 16.5. The van der Waals surface area contributed by atoms with Crippen molar-refractivity contribution in [3.63, 3.8) is 0 Å². The van der Waals surface area contributed by atoms with Crippen LogP contribution < -0.4 is 0 Å². The quantitative estimate of drug-likeness (QED) is 0.713. The average molecular weight is 284 g/mol. The van der Waals surface area contributed by atoms with Gasteiger partial charge < -0.3 is 9.64 Å². The zero-order chi connectivity index (χ0) is 15.3. The van der Waals surface area contributed by atoms with Gasteiger partial charge in [-0.15, -0.1) is 0 Å². The summed E-state index contributed by atoms with van der Waals surface area (Å²) in [5, 5.41) is 0. The van der Waals surface area contributed by atoms with Crippen molar-refractivity contribution in [2.24, 2.45) is 17.8 Å². The molecule has 116 valence electrons. The van der Waals surface area contributed by atoms with Gasteiger partial charge in [0.15, 0.2) is 0 Å². The van der Waals surface area contributed by atoms with E-state index in [4.69, 9.17) is 4.74 Å². The van der Waals surface area contributed by atoms with Crippen molar-refractivity contribution >= 4 is 11.9 Å². The molecule has 1 aliphatic rings. The number of hydrogen-bond donors (Lipinski definition) is 0. The van der Waals surface area contributed by atoms with Crippen molar-refractivity contribution in [3.05, 3.63) is 0 Å². The molecular weight excluding hydrogens is 256 g/mol. The molecule has 0 spiro atoms. The van der Waals surface area contributed by atoms with Gasteiger partial charge in [-0.2, -0.15) is 0 Å². The maximum Gasteiger partial charge on any atom is 0.309 e. The number of esters is 1. The molecule has 0 bridgehead atoms. The Balaban J connectivity index is 2.43. The van der Waals surface area contributed by atoms with Gasteiger partial charge in [-0.05, 0) is 25.3 Å². The molecule has 3 unspecified atom stereocenters. The number of hydrogen-bond acceptors (Lipinski definition) is 4. The third-order valence-corrected chi connectivity index (χ3v) is 3.82. The summed E-state index contributed by atoms with van der Waals surface area (Å²) in [5.74, 6) is 0.855. The van der Waals surface area contributed by atoms with Crippen LogP contribution in [0.1, 0.15) is 27.2 Å². The molecule has 3 atom stereocenters. The molecule has 1 amide bonds. The number of likely N-dealkylation sites (N-methyl/N-ethyl adjacent to an activating group) is 1. The minimum atomic E-state index is -0.232. The zero-order valence-electron chi connectivity index (χ0n) is 13.4. The number of likely N-dealkylation sites (tertiary alicyclic amines) is 1. The Bertz CT molecular complexity index is 336. The van der Waals surface area contributed by atoms with E-state index in [0.717, 1.165) is 13.1 Å². The lowest BCUT2D eigenvalue weighted by molar-refractivity contribution is -0.146. The normalized spacial score (nSPS) is 24.6. The molecule has 20 heavy (non-hydrogen) atoms. The molecule has 1 rings (SSSR count). The van der Waals surface area contributed by atoms with Crippen molar-refractivity contribution in [2.75, 3.05) is 40.3 Å². The van der Waals surface area contributed by atoms with Gasteiger partial charge in [-0.1, -0.05) is 20.8 Å². The van der Waals surface area contributed by atoms with Crippen molar-refractivity contribution in [1.29, 1.82) is 0 Å². The lowest BCUT2D eigenvalue weighted by Crippen LogP contribution is -2.47. The number of carbonyl (C=O) groups is 2. The summed E-state index contributed by atoms with van der Waals surface area (Å²) < 4.78 is 4.70. The predicted molar refractivity (Wildman–Crippen MR) is 78.2 cm³/mol. The summed E-state index contributed by atoms with van der Waals surface area (Å²) in [7, 11) is 3.26. The second-order valence-electron chi connectivity index (χ2n) is 6.37. The van der Waals surface area contributed by atoms with Crippen molar-refractivity contribution in [3.8, 4) is 0 Å². The van der Waals surface area contributed by atoms with E-state index in [1.54, 1.807) is 0 Å². The van der Waals surface area contributed by atoms with E-state index in [0.29, 0.717) is 24.9 Å². The maximum absolute atomic E-state index is 12.3. The van der Waals surface area contributed by atoms with Crippen LogP contribution in [0.25, 0.3) is 0 Å². The van der Waals surface area contributed by atoms with Crippen LogP contribution in [0.3, 0.4) is 0 Å². The molecule has 0 aromatic rings. The van der Waals surface area contributed by atoms with Gasteiger partial charge in [0.2, 0.25) is 5.91 Å². The van der Waals surface area contributed by atoms with Crippen molar-refractivity contribution < 1.29 is 14.3 Å². The number of carbonyl (C=O) groups excluding carboxylic acids is 2. The fourth-order valence-electron chi connectivity index (χ4n) is 3.01. The smallest absolute Gasteiger partial charge is 0.309 e. The minimum absolute atomic E-state index is 0.156. The van der Waals surface area contributed by atoms with Crippen LogP contribution in [0, 0.1) is 17.8 Å². The molecule has 0 radical (unpaired) electrons. The van der Waals surface area contributed by atoms with Gasteiger partial charge in [0.1, 0.15) is 0 Å². The lowest BCUT2D eigenvalue weighted by Gasteiger charge is -2.36. The minimum Gasteiger partial charge on any atom is -0.469 e. The standard InChI is InChI=1S/C15H28N2O3/c1-11-6-12(2)8-17(7-11)14(18)10-16(4)9-13(3)15(19)20-5/h11-13H,6-10H2,1-5H3. The molecule has 1 aliphatic heterocycles. The third-order valence-electron chi connectivity index (χ3n) is 3.82. The summed E-state index contributed by atoms with van der Waals surface area (Å²) in [6.45, 7) is 8.81. The molecule has 1 saturated heterocycles. The average Bonchev–Trinajstić information content (AvgIpc) is 2.36.